The maximum absolute atomic E-state index is 11.4. The fourth-order valence-corrected chi connectivity index (χ4v) is 3.13. The third-order valence-corrected chi connectivity index (χ3v) is 4.52. The smallest absolute Gasteiger partial charge is 0.411 e. The minimum absolute atomic E-state index is 0.151. The number of aromatic amines is 1. The molecule has 0 radical (unpaired) electrons. The summed E-state index contributed by atoms with van der Waals surface area (Å²) in [6, 6.07) is 5.36. The van der Waals surface area contributed by atoms with Gasteiger partial charge in [0.15, 0.2) is 0 Å². The zero-order chi connectivity index (χ0) is 17.8. The number of methoxy groups -OCH3 is 1. The summed E-state index contributed by atoms with van der Waals surface area (Å²) in [7, 11) is 1.33. The Hall–Kier alpha value is -2.25. The van der Waals surface area contributed by atoms with Crippen molar-refractivity contribution >= 4 is 29.1 Å². The molecule has 1 amide bonds. The van der Waals surface area contributed by atoms with E-state index in [4.69, 9.17) is 17.3 Å². The summed E-state index contributed by atoms with van der Waals surface area (Å²) >= 11 is 6.37. The lowest BCUT2D eigenvalue weighted by Gasteiger charge is -2.15. The van der Waals surface area contributed by atoms with Gasteiger partial charge in [-0.2, -0.15) is 0 Å². The van der Waals surface area contributed by atoms with Crippen molar-refractivity contribution in [3.8, 4) is 11.3 Å². The number of halogens is 1. The van der Waals surface area contributed by atoms with Crippen LogP contribution in [-0.2, 0) is 4.74 Å². The van der Waals surface area contributed by atoms with Crippen LogP contribution >= 0.6 is 11.6 Å². The molecule has 25 heavy (non-hydrogen) atoms. The van der Waals surface area contributed by atoms with Crippen molar-refractivity contribution in [1.29, 1.82) is 0 Å². The number of ether oxygens (including phenoxy) is 1. The molecule has 1 aliphatic heterocycles. The van der Waals surface area contributed by atoms with Crippen LogP contribution in [0.15, 0.2) is 18.2 Å². The van der Waals surface area contributed by atoms with E-state index in [1.54, 1.807) is 6.07 Å². The van der Waals surface area contributed by atoms with Gasteiger partial charge < -0.3 is 20.8 Å². The average Bonchev–Trinajstić information content (AvgIpc) is 2.99. The number of H-pyrrole nitrogens is 1. The van der Waals surface area contributed by atoms with Gasteiger partial charge in [0.1, 0.15) is 16.7 Å². The molecule has 2 aromatic rings. The number of amides is 1. The van der Waals surface area contributed by atoms with Gasteiger partial charge in [-0.15, -0.1) is 0 Å². The number of fused-ring (bicyclic) bond motifs is 4. The molecule has 1 atom stereocenters. The Labute approximate surface area is 151 Å². The first-order chi connectivity index (χ1) is 12.1. The van der Waals surface area contributed by atoms with E-state index in [-0.39, 0.29) is 6.04 Å². The summed E-state index contributed by atoms with van der Waals surface area (Å²) in [4.78, 5) is 19.1. The van der Waals surface area contributed by atoms with Gasteiger partial charge in [-0.3, -0.25) is 5.32 Å². The Balaban J connectivity index is 2.01. The molecule has 0 fully saturated rings. The van der Waals surface area contributed by atoms with E-state index >= 15 is 0 Å². The Morgan fingerprint density at radius 3 is 3.04 bits per heavy atom. The summed E-state index contributed by atoms with van der Waals surface area (Å²) in [6.45, 7) is 0.818. The zero-order valence-corrected chi connectivity index (χ0v) is 14.8. The number of rotatable bonds is 1. The van der Waals surface area contributed by atoms with Crippen molar-refractivity contribution < 1.29 is 9.53 Å². The van der Waals surface area contributed by atoms with Crippen LogP contribution in [0.1, 0.15) is 37.5 Å². The monoisotopic (exact) mass is 363 g/mol. The zero-order valence-electron chi connectivity index (χ0n) is 14.1. The van der Waals surface area contributed by atoms with Crippen LogP contribution < -0.4 is 16.4 Å². The van der Waals surface area contributed by atoms with E-state index in [1.807, 2.05) is 12.1 Å². The van der Waals surface area contributed by atoms with Gasteiger partial charge in [0.05, 0.1) is 13.2 Å². The van der Waals surface area contributed by atoms with Crippen molar-refractivity contribution in [1.82, 2.24) is 9.97 Å². The molecule has 134 valence electrons. The van der Waals surface area contributed by atoms with Gasteiger partial charge >= 0.3 is 6.09 Å². The maximum Gasteiger partial charge on any atom is 0.411 e. The fourth-order valence-electron chi connectivity index (χ4n) is 2.89. The lowest BCUT2D eigenvalue weighted by atomic mass is 10.1. The summed E-state index contributed by atoms with van der Waals surface area (Å²) in [5, 5.41) is 6.54. The summed E-state index contributed by atoms with van der Waals surface area (Å²) < 4.78 is 4.64. The molecule has 0 unspecified atom stereocenters. The van der Waals surface area contributed by atoms with E-state index in [2.05, 4.69) is 25.3 Å². The molecule has 5 N–H and O–H groups in total. The molecule has 0 saturated heterocycles. The number of nitrogens with zero attached hydrogens (tertiary/aromatic N) is 1. The SMILES string of the molecule is COC(=O)Nc1ccc2c(c1)NCCCCC[C@H](N)c1nc-2c(Cl)[nH]1. The minimum Gasteiger partial charge on any atom is -0.453 e. The normalized spacial score (nSPS) is 17.5. The molecule has 1 aliphatic rings. The number of anilines is 2. The second-order valence-electron chi connectivity index (χ2n) is 6.04. The topological polar surface area (TPSA) is 105 Å². The molecule has 8 heteroatoms. The summed E-state index contributed by atoms with van der Waals surface area (Å²) in [5.41, 5.74) is 9.21. The number of benzene rings is 1. The molecule has 1 aromatic carbocycles. The second kappa shape index (κ2) is 7.76. The van der Waals surface area contributed by atoms with Crippen molar-refractivity contribution in [3.63, 3.8) is 0 Å². The molecular weight excluding hydrogens is 342 g/mol. The van der Waals surface area contributed by atoms with Crippen LogP contribution in [0.25, 0.3) is 11.3 Å². The van der Waals surface area contributed by atoms with Crippen LogP contribution in [0, 0.1) is 0 Å². The first-order valence-corrected chi connectivity index (χ1v) is 8.70. The van der Waals surface area contributed by atoms with E-state index in [0.717, 1.165) is 43.5 Å². The predicted octanol–water partition coefficient (Wildman–Crippen LogP) is 3.89. The number of hydrogen-bond acceptors (Lipinski definition) is 5. The van der Waals surface area contributed by atoms with Crippen LogP contribution in [-0.4, -0.2) is 29.7 Å². The van der Waals surface area contributed by atoms with Gasteiger partial charge in [0, 0.05) is 23.5 Å². The third-order valence-electron chi connectivity index (χ3n) is 4.24. The molecule has 7 nitrogen and oxygen atoms in total. The lowest BCUT2D eigenvalue weighted by molar-refractivity contribution is 0.187. The van der Waals surface area contributed by atoms with Crippen LogP contribution in [0.5, 0.6) is 0 Å². The Kier molecular flexibility index (Phi) is 5.45. The number of imidazole rings is 1. The largest absolute Gasteiger partial charge is 0.453 e. The van der Waals surface area contributed by atoms with Crippen LogP contribution in [0.2, 0.25) is 5.15 Å². The molecular formula is C17H22ClN5O2. The maximum atomic E-state index is 11.4. The first kappa shape index (κ1) is 17.6. The van der Waals surface area contributed by atoms with E-state index in [9.17, 15) is 4.79 Å². The average molecular weight is 364 g/mol. The van der Waals surface area contributed by atoms with Gasteiger partial charge in [0.2, 0.25) is 0 Å². The number of nitrogens with one attached hydrogen (secondary N) is 3. The molecule has 0 spiro atoms. The summed E-state index contributed by atoms with van der Waals surface area (Å²) in [5.74, 6) is 0.697. The highest BCUT2D eigenvalue weighted by molar-refractivity contribution is 6.32. The van der Waals surface area contributed by atoms with E-state index < -0.39 is 6.09 Å². The number of aromatic nitrogens is 2. The quantitative estimate of drug-likeness (QED) is 0.615. The predicted molar refractivity (Wildman–Crippen MR) is 98.9 cm³/mol. The standard InChI is InChI=1S/C17H22ClN5O2/c1-25-17(24)21-10-6-7-11-13(9-10)20-8-4-2-3-5-12(19)16-22-14(11)15(18)23-16/h6-7,9,12,20H,2-5,8,19H2,1H3,(H,21,24)(H,22,23)/t12-/m0/s1. The summed E-state index contributed by atoms with van der Waals surface area (Å²) in [6.07, 6.45) is 3.51. The molecule has 0 aliphatic carbocycles. The third kappa shape index (κ3) is 4.05. The van der Waals surface area contributed by atoms with E-state index in [0.29, 0.717) is 22.4 Å². The van der Waals surface area contributed by atoms with Crippen molar-refractivity contribution in [2.24, 2.45) is 5.73 Å². The molecule has 3 rings (SSSR count). The van der Waals surface area contributed by atoms with Crippen molar-refractivity contribution in [3.05, 3.63) is 29.2 Å². The molecule has 1 aromatic heterocycles. The Morgan fingerprint density at radius 2 is 2.24 bits per heavy atom. The van der Waals surface area contributed by atoms with Crippen LogP contribution in [0.4, 0.5) is 16.2 Å². The number of nitrogens with two attached hydrogens (primary N) is 1. The highest BCUT2D eigenvalue weighted by atomic mass is 35.5. The van der Waals surface area contributed by atoms with Gasteiger partial charge in [-0.1, -0.05) is 24.4 Å². The van der Waals surface area contributed by atoms with Gasteiger partial charge in [0.25, 0.3) is 0 Å². The van der Waals surface area contributed by atoms with E-state index in [1.165, 1.54) is 7.11 Å². The number of carbonyl (C=O) groups is 1. The lowest BCUT2D eigenvalue weighted by Crippen LogP contribution is -2.13. The number of carbonyl (C=O) groups excluding carboxylic acids is 1. The first-order valence-electron chi connectivity index (χ1n) is 8.32. The minimum atomic E-state index is -0.515. The van der Waals surface area contributed by atoms with Crippen molar-refractivity contribution in [2.45, 2.75) is 31.7 Å². The highest BCUT2D eigenvalue weighted by Gasteiger charge is 2.19. The van der Waals surface area contributed by atoms with Crippen LogP contribution in [0.3, 0.4) is 0 Å². The molecule has 2 bridgehead atoms. The molecule has 0 saturated carbocycles. The highest BCUT2D eigenvalue weighted by Crippen LogP contribution is 2.35. The van der Waals surface area contributed by atoms with Gasteiger partial charge in [-0.25, -0.2) is 9.78 Å². The Morgan fingerprint density at radius 1 is 1.40 bits per heavy atom. The van der Waals surface area contributed by atoms with Gasteiger partial charge in [-0.05, 0) is 31.0 Å². The number of hydrogen-bond donors (Lipinski definition) is 4. The van der Waals surface area contributed by atoms with Crippen molar-refractivity contribution in [2.75, 3.05) is 24.3 Å². The molecule has 2 heterocycles. The fraction of sp³-hybridized carbons (Fsp3) is 0.412. The second-order valence-corrected chi connectivity index (χ2v) is 6.42. The Bertz CT molecular complexity index is 761.